The molecule has 2 nitrogen and oxygen atoms in total. The molecule has 1 rings (SSSR count). The molecule has 0 amide bonds. The molecular formula is C16H28N2. The number of benzene rings is 1. The number of nitrogens with one attached hydrogen (secondary N) is 1. The lowest BCUT2D eigenvalue weighted by Crippen LogP contribution is -2.34. The Balaban J connectivity index is 2.93. The van der Waals surface area contributed by atoms with Crippen LogP contribution >= 0.6 is 0 Å². The molecule has 102 valence electrons. The van der Waals surface area contributed by atoms with Crippen molar-refractivity contribution in [3.05, 3.63) is 29.3 Å². The molecule has 0 bridgehead atoms. The number of anilines is 1. The van der Waals surface area contributed by atoms with Crippen LogP contribution in [0.5, 0.6) is 0 Å². The van der Waals surface area contributed by atoms with Crippen LogP contribution in [0.2, 0.25) is 0 Å². The van der Waals surface area contributed by atoms with E-state index >= 15 is 0 Å². The molecule has 18 heavy (non-hydrogen) atoms. The van der Waals surface area contributed by atoms with E-state index in [9.17, 15) is 0 Å². The summed E-state index contributed by atoms with van der Waals surface area (Å²) in [5.41, 5.74) is 9.88. The molecule has 3 N–H and O–H groups in total. The van der Waals surface area contributed by atoms with Gasteiger partial charge in [-0.2, -0.15) is 0 Å². The second-order valence-electron chi connectivity index (χ2n) is 6.51. The summed E-state index contributed by atoms with van der Waals surface area (Å²) in [7, 11) is 0. The first kappa shape index (κ1) is 15.0. The lowest BCUT2D eigenvalue weighted by atomic mass is 9.86. The molecule has 0 radical (unpaired) electrons. The predicted octanol–water partition coefficient (Wildman–Crippen LogP) is 3.69. The van der Waals surface area contributed by atoms with E-state index in [1.54, 1.807) is 0 Å². The zero-order valence-electron chi connectivity index (χ0n) is 12.7. The molecule has 0 saturated carbocycles. The molecule has 0 spiro atoms. The highest BCUT2D eigenvalue weighted by Gasteiger charge is 2.16. The minimum atomic E-state index is 0.203. The maximum Gasteiger partial charge on any atom is 0.0406 e. The monoisotopic (exact) mass is 248 g/mol. The Morgan fingerprint density at radius 1 is 1.22 bits per heavy atom. The van der Waals surface area contributed by atoms with Crippen molar-refractivity contribution in [2.45, 2.75) is 53.0 Å². The Morgan fingerprint density at radius 3 is 2.22 bits per heavy atom. The highest BCUT2D eigenvalue weighted by atomic mass is 14.9. The van der Waals surface area contributed by atoms with Gasteiger partial charge in [0.2, 0.25) is 0 Å². The van der Waals surface area contributed by atoms with Crippen molar-refractivity contribution in [1.29, 1.82) is 0 Å². The van der Waals surface area contributed by atoms with Crippen LogP contribution in [0.1, 0.15) is 45.7 Å². The summed E-state index contributed by atoms with van der Waals surface area (Å²) in [4.78, 5) is 0. The van der Waals surface area contributed by atoms with Gasteiger partial charge in [0.25, 0.3) is 0 Å². The van der Waals surface area contributed by atoms with Gasteiger partial charge >= 0.3 is 0 Å². The molecule has 1 unspecified atom stereocenters. The summed E-state index contributed by atoms with van der Waals surface area (Å²) in [6.07, 6.45) is 0. The molecule has 1 aromatic carbocycles. The quantitative estimate of drug-likeness (QED) is 0.853. The normalized spacial score (nSPS) is 13.8. The molecule has 0 heterocycles. The minimum Gasteiger partial charge on any atom is -0.381 e. The summed E-state index contributed by atoms with van der Waals surface area (Å²) in [6, 6.07) is 7.00. The van der Waals surface area contributed by atoms with E-state index in [1.165, 1.54) is 16.8 Å². The zero-order valence-corrected chi connectivity index (χ0v) is 12.7. The Labute approximate surface area is 112 Å². The van der Waals surface area contributed by atoms with Crippen LogP contribution in [-0.4, -0.2) is 12.6 Å². The van der Waals surface area contributed by atoms with Gasteiger partial charge in [-0.1, -0.05) is 46.8 Å². The Hall–Kier alpha value is -1.02. The van der Waals surface area contributed by atoms with Crippen molar-refractivity contribution in [2.75, 3.05) is 11.9 Å². The van der Waals surface area contributed by atoms with Crippen molar-refractivity contribution >= 4 is 5.69 Å². The molecule has 0 fully saturated rings. The van der Waals surface area contributed by atoms with Crippen molar-refractivity contribution < 1.29 is 0 Å². The summed E-state index contributed by atoms with van der Waals surface area (Å²) in [6.45, 7) is 13.9. The van der Waals surface area contributed by atoms with E-state index in [4.69, 9.17) is 5.73 Å². The van der Waals surface area contributed by atoms with Crippen LogP contribution in [0.4, 0.5) is 5.69 Å². The predicted molar refractivity (Wildman–Crippen MR) is 81.2 cm³/mol. The van der Waals surface area contributed by atoms with Crippen LogP contribution in [0.3, 0.4) is 0 Å². The third-order valence-corrected chi connectivity index (χ3v) is 3.49. The summed E-state index contributed by atoms with van der Waals surface area (Å²) < 4.78 is 0. The number of aryl methyl sites for hydroxylation is 1. The Kier molecular flexibility index (Phi) is 4.80. The molecule has 0 aromatic heterocycles. The van der Waals surface area contributed by atoms with E-state index < -0.39 is 0 Å². The van der Waals surface area contributed by atoms with E-state index in [-0.39, 0.29) is 5.41 Å². The topological polar surface area (TPSA) is 38.0 Å². The molecule has 1 aromatic rings. The van der Waals surface area contributed by atoms with Crippen molar-refractivity contribution in [2.24, 2.45) is 11.7 Å². The highest BCUT2D eigenvalue weighted by Crippen LogP contribution is 2.27. The first-order chi connectivity index (χ1) is 8.25. The van der Waals surface area contributed by atoms with Gasteiger partial charge in [-0.25, -0.2) is 0 Å². The largest absolute Gasteiger partial charge is 0.381 e. The molecule has 1 atom stereocenters. The fraction of sp³-hybridized carbons (Fsp3) is 0.625. The van der Waals surface area contributed by atoms with Gasteiger partial charge in [-0.3, -0.25) is 0 Å². The lowest BCUT2D eigenvalue weighted by molar-refractivity contribution is 0.531. The second-order valence-corrected chi connectivity index (χ2v) is 6.51. The first-order valence-electron chi connectivity index (χ1n) is 6.83. The smallest absolute Gasteiger partial charge is 0.0406 e. The van der Waals surface area contributed by atoms with Crippen LogP contribution < -0.4 is 11.1 Å². The van der Waals surface area contributed by atoms with Gasteiger partial charge in [0.05, 0.1) is 0 Å². The van der Waals surface area contributed by atoms with E-state index in [0.29, 0.717) is 18.5 Å². The maximum absolute atomic E-state index is 5.81. The van der Waals surface area contributed by atoms with Crippen LogP contribution in [-0.2, 0) is 5.41 Å². The van der Waals surface area contributed by atoms with Crippen LogP contribution in [0.15, 0.2) is 18.2 Å². The van der Waals surface area contributed by atoms with E-state index in [1.807, 2.05) is 0 Å². The van der Waals surface area contributed by atoms with E-state index in [0.717, 1.165) is 0 Å². The molecule has 0 aliphatic rings. The highest BCUT2D eigenvalue weighted by molar-refractivity contribution is 5.53. The van der Waals surface area contributed by atoms with Crippen molar-refractivity contribution in [3.8, 4) is 0 Å². The standard InChI is InChI=1S/C16H28N2/c1-11(2)15(10-17)18-14-8-7-13(9-12(14)3)16(4,5)6/h7-9,11,15,18H,10,17H2,1-6H3. The van der Waals surface area contributed by atoms with Crippen molar-refractivity contribution in [1.82, 2.24) is 0 Å². The Bertz CT molecular complexity index is 389. The summed E-state index contributed by atoms with van der Waals surface area (Å²) in [5.74, 6) is 0.539. The summed E-state index contributed by atoms with van der Waals surface area (Å²) in [5, 5.41) is 3.55. The third kappa shape index (κ3) is 3.74. The number of nitrogens with two attached hydrogens (primary N) is 1. The SMILES string of the molecule is Cc1cc(C(C)(C)C)ccc1NC(CN)C(C)C. The molecule has 0 saturated heterocycles. The minimum absolute atomic E-state index is 0.203. The number of rotatable bonds is 4. The fourth-order valence-electron chi connectivity index (χ4n) is 1.99. The van der Waals surface area contributed by atoms with Gasteiger partial charge < -0.3 is 11.1 Å². The average molecular weight is 248 g/mol. The number of hydrogen-bond donors (Lipinski definition) is 2. The van der Waals surface area contributed by atoms with Crippen LogP contribution in [0.25, 0.3) is 0 Å². The molecular weight excluding hydrogens is 220 g/mol. The van der Waals surface area contributed by atoms with E-state index in [2.05, 4.69) is 65.1 Å². The first-order valence-corrected chi connectivity index (χ1v) is 6.83. The summed E-state index contributed by atoms with van der Waals surface area (Å²) >= 11 is 0. The van der Waals surface area contributed by atoms with Gasteiger partial charge in [-0.15, -0.1) is 0 Å². The van der Waals surface area contributed by atoms with Gasteiger partial charge in [-0.05, 0) is 35.4 Å². The van der Waals surface area contributed by atoms with Crippen molar-refractivity contribution in [3.63, 3.8) is 0 Å². The fourth-order valence-corrected chi connectivity index (χ4v) is 1.99. The van der Waals surface area contributed by atoms with Crippen LogP contribution in [0, 0.1) is 12.8 Å². The van der Waals surface area contributed by atoms with Gasteiger partial charge in [0.1, 0.15) is 0 Å². The van der Waals surface area contributed by atoms with Gasteiger partial charge in [0, 0.05) is 18.3 Å². The van der Waals surface area contributed by atoms with Gasteiger partial charge in [0.15, 0.2) is 0 Å². The molecule has 0 aliphatic carbocycles. The Morgan fingerprint density at radius 2 is 1.83 bits per heavy atom. The molecule has 0 aliphatic heterocycles. The maximum atomic E-state index is 5.81. The average Bonchev–Trinajstić information content (AvgIpc) is 2.25. The second kappa shape index (κ2) is 5.75. The number of hydrogen-bond acceptors (Lipinski definition) is 2. The lowest BCUT2D eigenvalue weighted by Gasteiger charge is -2.25. The molecule has 2 heteroatoms. The third-order valence-electron chi connectivity index (χ3n) is 3.49. The zero-order chi connectivity index (χ0) is 13.9.